The molecule has 0 aliphatic carbocycles. The van der Waals surface area contributed by atoms with Crippen molar-refractivity contribution < 1.29 is 0 Å². The number of rotatable bonds is 3. The minimum absolute atomic E-state index is 0.0922. The average molecular weight is 276 g/mol. The van der Waals surface area contributed by atoms with E-state index >= 15 is 0 Å². The van der Waals surface area contributed by atoms with Gasteiger partial charge >= 0.3 is 0 Å². The molecule has 2 aromatic rings. The molecule has 2 aromatic carbocycles. The van der Waals surface area contributed by atoms with E-state index in [1.165, 1.54) is 11.1 Å². The Morgan fingerprint density at radius 1 is 1.00 bits per heavy atom. The van der Waals surface area contributed by atoms with Crippen LogP contribution in [0.5, 0.6) is 0 Å². The predicted octanol–water partition coefficient (Wildman–Crippen LogP) is 4.01. The molecule has 0 amide bonds. The van der Waals surface area contributed by atoms with Gasteiger partial charge in [0.1, 0.15) is 0 Å². The molecule has 21 heavy (non-hydrogen) atoms. The summed E-state index contributed by atoms with van der Waals surface area (Å²) >= 11 is 0. The molecule has 0 saturated carbocycles. The average Bonchev–Trinajstić information content (AvgIpc) is 2.52. The fourth-order valence-electron chi connectivity index (χ4n) is 3.20. The molecule has 3 rings (SSSR count). The number of likely N-dealkylation sites (tertiary alicyclic amines) is 1. The third-order valence-corrected chi connectivity index (χ3v) is 4.67. The smallest absolute Gasteiger partial charge is 0.0769 e. The molecule has 1 atom stereocenters. The van der Waals surface area contributed by atoms with Crippen molar-refractivity contribution >= 4 is 0 Å². The number of nitrogens with zero attached hydrogens (tertiary/aromatic N) is 2. The van der Waals surface area contributed by atoms with E-state index in [0.29, 0.717) is 0 Å². The predicted molar refractivity (Wildman–Crippen MR) is 84.6 cm³/mol. The van der Waals surface area contributed by atoms with Crippen molar-refractivity contribution in [2.24, 2.45) is 5.92 Å². The van der Waals surface area contributed by atoms with Crippen molar-refractivity contribution in [3.63, 3.8) is 0 Å². The van der Waals surface area contributed by atoms with E-state index in [1.54, 1.807) is 0 Å². The van der Waals surface area contributed by atoms with Crippen LogP contribution in [-0.4, -0.2) is 17.0 Å². The lowest BCUT2D eigenvalue weighted by Gasteiger charge is -2.56. The maximum Gasteiger partial charge on any atom is 0.0769 e. The zero-order valence-corrected chi connectivity index (χ0v) is 12.5. The molecule has 0 bridgehead atoms. The molecule has 1 aliphatic rings. The molecule has 0 radical (unpaired) electrons. The fraction of sp³-hybridized carbons (Fsp3) is 0.316. The summed E-state index contributed by atoms with van der Waals surface area (Å²) in [6, 6.07) is 23.8. The molecule has 0 aromatic heterocycles. The van der Waals surface area contributed by atoms with E-state index in [-0.39, 0.29) is 17.5 Å². The van der Waals surface area contributed by atoms with Gasteiger partial charge in [0.15, 0.2) is 0 Å². The van der Waals surface area contributed by atoms with E-state index in [2.05, 4.69) is 73.3 Å². The molecule has 2 heteroatoms. The van der Waals surface area contributed by atoms with Gasteiger partial charge in [-0.25, -0.2) is 0 Å². The first-order valence-corrected chi connectivity index (χ1v) is 7.41. The van der Waals surface area contributed by atoms with E-state index in [9.17, 15) is 5.26 Å². The first-order chi connectivity index (χ1) is 10.1. The SMILES string of the molecule is CC1(C)[C@@H](C#N)CN1C(c1ccccc1)c1ccccc1. The molecule has 1 heterocycles. The molecular weight excluding hydrogens is 256 g/mol. The Labute approximate surface area is 126 Å². The van der Waals surface area contributed by atoms with E-state index in [0.717, 1.165) is 6.54 Å². The van der Waals surface area contributed by atoms with Gasteiger partial charge in [-0.1, -0.05) is 60.7 Å². The van der Waals surface area contributed by atoms with Gasteiger partial charge in [-0.3, -0.25) is 4.90 Å². The summed E-state index contributed by atoms with van der Waals surface area (Å²) in [5, 5.41) is 9.29. The van der Waals surface area contributed by atoms with Gasteiger partial charge in [0.2, 0.25) is 0 Å². The first-order valence-electron chi connectivity index (χ1n) is 7.41. The third-order valence-electron chi connectivity index (χ3n) is 4.67. The number of nitriles is 1. The standard InChI is InChI=1S/C19H20N2/c1-19(2)17(13-20)14-21(19)18(15-9-5-3-6-10-15)16-11-7-4-8-12-16/h3-12,17-18H,14H2,1-2H3/t17-/m0/s1. The highest BCUT2D eigenvalue weighted by atomic mass is 15.3. The Balaban J connectivity index is 2.01. The van der Waals surface area contributed by atoms with Crippen LogP contribution in [0.1, 0.15) is 31.0 Å². The normalized spacial score (nSPS) is 20.8. The van der Waals surface area contributed by atoms with Gasteiger partial charge in [-0.05, 0) is 25.0 Å². The van der Waals surface area contributed by atoms with Crippen molar-refractivity contribution in [1.29, 1.82) is 5.26 Å². The monoisotopic (exact) mass is 276 g/mol. The molecule has 106 valence electrons. The van der Waals surface area contributed by atoms with Gasteiger partial charge < -0.3 is 0 Å². The number of hydrogen-bond donors (Lipinski definition) is 0. The molecule has 1 fully saturated rings. The molecule has 1 saturated heterocycles. The second-order valence-corrected chi connectivity index (χ2v) is 6.21. The summed E-state index contributed by atoms with van der Waals surface area (Å²) in [4.78, 5) is 2.44. The zero-order valence-electron chi connectivity index (χ0n) is 12.5. The topological polar surface area (TPSA) is 27.0 Å². The quantitative estimate of drug-likeness (QED) is 0.847. The molecule has 2 nitrogen and oxygen atoms in total. The molecule has 0 unspecified atom stereocenters. The van der Waals surface area contributed by atoms with Crippen molar-refractivity contribution in [1.82, 2.24) is 4.90 Å². The largest absolute Gasteiger partial charge is 0.284 e. The van der Waals surface area contributed by atoms with Crippen LogP contribution < -0.4 is 0 Å². The molecule has 0 N–H and O–H groups in total. The fourth-order valence-corrected chi connectivity index (χ4v) is 3.20. The van der Waals surface area contributed by atoms with Crippen LogP contribution in [0.2, 0.25) is 0 Å². The maximum absolute atomic E-state index is 9.29. The Morgan fingerprint density at radius 2 is 1.48 bits per heavy atom. The lowest BCUT2D eigenvalue weighted by molar-refractivity contribution is -0.0521. The van der Waals surface area contributed by atoms with Crippen LogP contribution in [0.15, 0.2) is 60.7 Å². The summed E-state index contributed by atoms with van der Waals surface area (Å²) < 4.78 is 0. The van der Waals surface area contributed by atoms with Gasteiger partial charge in [0, 0.05) is 12.1 Å². The molecular formula is C19H20N2. The van der Waals surface area contributed by atoms with Crippen molar-refractivity contribution in [3.8, 4) is 6.07 Å². The van der Waals surface area contributed by atoms with Crippen molar-refractivity contribution in [2.75, 3.05) is 6.54 Å². The van der Waals surface area contributed by atoms with Crippen LogP contribution >= 0.6 is 0 Å². The second-order valence-electron chi connectivity index (χ2n) is 6.21. The van der Waals surface area contributed by atoms with Gasteiger partial charge in [-0.2, -0.15) is 5.26 Å². The van der Waals surface area contributed by atoms with Crippen molar-refractivity contribution in [3.05, 3.63) is 71.8 Å². The Hall–Kier alpha value is -2.11. The Kier molecular flexibility index (Phi) is 3.53. The van der Waals surface area contributed by atoms with E-state index in [4.69, 9.17) is 0 Å². The number of hydrogen-bond acceptors (Lipinski definition) is 2. The number of benzene rings is 2. The van der Waals surface area contributed by atoms with Gasteiger partial charge in [0.25, 0.3) is 0 Å². The van der Waals surface area contributed by atoms with Crippen LogP contribution in [0.3, 0.4) is 0 Å². The van der Waals surface area contributed by atoms with Crippen LogP contribution in [0, 0.1) is 17.2 Å². The second kappa shape index (κ2) is 5.35. The Morgan fingerprint density at radius 3 is 1.86 bits per heavy atom. The summed E-state index contributed by atoms with van der Waals surface area (Å²) in [6.07, 6.45) is 0. The van der Waals surface area contributed by atoms with Gasteiger partial charge in [-0.15, -0.1) is 0 Å². The Bertz CT molecular complexity index is 601. The minimum atomic E-state index is -0.0922. The summed E-state index contributed by atoms with van der Waals surface area (Å²) in [5.74, 6) is 0.104. The zero-order chi connectivity index (χ0) is 14.9. The summed E-state index contributed by atoms with van der Waals surface area (Å²) in [5.41, 5.74) is 2.48. The highest BCUT2D eigenvalue weighted by Crippen LogP contribution is 2.44. The third kappa shape index (κ3) is 2.34. The summed E-state index contributed by atoms with van der Waals surface area (Å²) in [7, 11) is 0. The van der Waals surface area contributed by atoms with Gasteiger partial charge in [0.05, 0.1) is 18.0 Å². The van der Waals surface area contributed by atoms with E-state index in [1.807, 2.05) is 12.1 Å². The first kappa shape index (κ1) is 13.9. The molecule has 1 aliphatic heterocycles. The highest BCUT2D eigenvalue weighted by molar-refractivity contribution is 5.34. The lowest BCUT2D eigenvalue weighted by atomic mass is 9.74. The van der Waals surface area contributed by atoms with Crippen LogP contribution in [-0.2, 0) is 0 Å². The van der Waals surface area contributed by atoms with Crippen molar-refractivity contribution in [2.45, 2.75) is 25.4 Å². The minimum Gasteiger partial charge on any atom is -0.284 e. The molecule has 0 spiro atoms. The van der Waals surface area contributed by atoms with Crippen LogP contribution in [0.4, 0.5) is 0 Å². The van der Waals surface area contributed by atoms with Crippen LogP contribution in [0.25, 0.3) is 0 Å². The van der Waals surface area contributed by atoms with E-state index < -0.39 is 0 Å². The lowest BCUT2D eigenvalue weighted by Crippen LogP contribution is -2.64. The maximum atomic E-state index is 9.29. The summed E-state index contributed by atoms with van der Waals surface area (Å²) in [6.45, 7) is 5.17. The highest BCUT2D eigenvalue weighted by Gasteiger charge is 2.50.